The first kappa shape index (κ1) is 32.7. The molecule has 3 aliphatic heterocycles. The number of carbonyl (C=O) groups is 3. The molecule has 0 aromatic heterocycles. The summed E-state index contributed by atoms with van der Waals surface area (Å²) in [6.45, 7) is 12.5. The van der Waals surface area contributed by atoms with Crippen molar-refractivity contribution in [3.05, 3.63) is 104 Å². The molecule has 3 amide bonds. The molecule has 47 heavy (non-hydrogen) atoms. The Balaban J connectivity index is 1.42. The number of likely N-dealkylation sites (tertiary alicyclic amines) is 1. The molecule has 8 heteroatoms. The second-order valence-electron chi connectivity index (χ2n) is 13.5. The molecule has 3 fully saturated rings. The summed E-state index contributed by atoms with van der Waals surface area (Å²) < 4.78 is 6.77. The van der Waals surface area contributed by atoms with E-state index in [0.717, 1.165) is 16.3 Å². The Morgan fingerprint density at radius 2 is 1.70 bits per heavy atom. The van der Waals surface area contributed by atoms with Crippen molar-refractivity contribution >= 4 is 34.2 Å². The Morgan fingerprint density at radius 1 is 1.00 bits per heavy atom. The van der Waals surface area contributed by atoms with Gasteiger partial charge in [-0.2, -0.15) is 0 Å². The van der Waals surface area contributed by atoms with E-state index in [9.17, 15) is 14.7 Å². The Hall–Kier alpha value is -4.27. The van der Waals surface area contributed by atoms with Gasteiger partial charge in [0.05, 0.1) is 30.6 Å². The Labute approximate surface area is 277 Å². The van der Waals surface area contributed by atoms with E-state index in [2.05, 4.69) is 13.2 Å². The maximum absolute atomic E-state index is 15.0. The van der Waals surface area contributed by atoms with E-state index < -0.39 is 35.6 Å². The molecule has 0 aliphatic carbocycles. The van der Waals surface area contributed by atoms with Crippen molar-refractivity contribution in [2.24, 2.45) is 17.8 Å². The van der Waals surface area contributed by atoms with Gasteiger partial charge in [-0.15, -0.1) is 13.2 Å². The minimum absolute atomic E-state index is 0.155. The van der Waals surface area contributed by atoms with Gasteiger partial charge in [-0.3, -0.25) is 14.4 Å². The van der Waals surface area contributed by atoms with Crippen LogP contribution in [-0.2, 0) is 25.7 Å². The van der Waals surface area contributed by atoms with Crippen LogP contribution in [0.15, 0.2) is 98.1 Å². The first-order valence-electron chi connectivity index (χ1n) is 16.7. The summed E-state index contributed by atoms with van der Waals surface area (Å²) in [5, 5.41) is 12.7. The third kappa shape index (κ3) is 5.78. The number of hydrogen-bond donors (Lipinski definition) is 1. The molecule has 8 nitrogen and oxygen atoms in total. The molecule has 1 N–H and O–H groups in total. The summed E-state index contributed by atoms with van der Waals surface area (Å²) in [6.07, 6.45) is 4.44. The molecule has 1 spiro atoms. The summed E-state index contributed by atoms with van der Waals surface area (Å²) in [5.41, 5.74) is 0.471. The molecule has 3 aliphatic rings. The number of fused-ring (bicyclic) bond motifs is 2. The predicted octanol–water partition coefficient (Wildman–Crippen LogP) is 5.36. The van der Waals surface area contributed by atoms with Crippen LogP contribution in [0.3, 0.4) is 0 Å². The van der Waals surface area contributed by atoms with Gasteiger partial charge in [0, 0.05) is 25.3 Å². The molecule has 6 rings (SSSR count). The predicted molar refractivity (Wildman–Crippen MR) is 183 cm³/mol. The van der Waals surface area contributed by atoms with Crippen LogP contribution in [0.4, 0.5) is 5.69 Å². The van der Waals surface area contributed by atoms with Crippen LogP contribution in [0.1, 0.15) is 38.7 Å². The van der Waals surface area contributed by atoms with Gasteiger partial charge in [0.1, 0.15) is 11.6 Å². The van der Waals surface area contributed by atoms with Crippen molar-refractivity contribution in [1.29, 1.82) is 0 Å². The van der Waals surface area contributed by atoms with Crippen molar-refractivity contribution in [1.82, 2.24) is 9.80 Å². The SMILES string of the molecule is C=CCN(Cc1ccccc1)C(=O)[C@@H]1[C@H]2C(=O)N([C@@H](CO)CC(C)C)C(C(=O)N(CC=C)c3ccc4ccccc4c3)C23CC[C@H]1O3. The third-order valence-corrected chi connectivity index (χ3v) is 10.1. The van der Waals surface area contributed by atoms with Crippen molar-refractivity contribution in [2.45, 2.75) is 63.4 Å². The van der Waals surface area contributed by atoms with Crippen LogP contribution in [0.2, 0.25) is 0 Å². The summed E-state index contributed by atoms with van der Waals surface area (Å²) in [7, 11) is 0. The highest BCUT2D eigenvalue weighted by atomic mass is 16.5. The highest BCUT2D eigenvalue weighted by Gasteiger charge is 2.75. The number of anilines is 1. The normalized spacial score (nSPS) is 25.2. The summed E-state index contributed by atoms with van der Waals surface area (Å²) >= 11 is 0. The van der Waals surface area contributed by atoms with Gasteiger partial charge in [0.2, 0.25) is 11.8 Å². The van der Waals surface area contributed by atoms with E-state index in [-0.39, 0.29) is 36.8 Å². The molecular weight excluding hydrogens is 590 g/mol. The zero-order valence-electron chi connectivity index (χ0n) is 27.3. The number of aliphatic hydroxyl groups excluding tert-OH is 1. The van der Waals surface area contributed by atoms with Gasteiger partial charge in [0.25, 0.3) is 5.91 Å². The fourth-order valence-corrected chi connectivity index (χ4v) is 8.21. The summed E-state index contributed by atoms with van der Waals surface area (Å²) in [5.74, 6) is -2.19. The molecule has 0 radical (unpaired) electrons. The van der Waals surface area contributed by atoms with Crippen molar-refractivity contribution < 1.29 is 24.2 Å². The van der Waals surface area contributed by atoms with Gasteiger partial charge in [-0.25, -0.2) is 0 Å². The number of rotatable bonds is 13. The van der Waals surface area contributed by atoms with E-state index in [0.29, 0.717) is 38.0 Å². The molecule has 3 aromatic rings. The minimum Gasteiger partial charge on any atom is -0.394 e. The van der Waals surface area contributed by atoms with Crippen LogP contribution in [0.25, 0.3) is 10.8 Å². The van der Waals surface area contributed by atoms with E-state index in [1.807, 2.05) is 86.6 Å². The van der Waals surface area contributed by atoms with Crippen LogP contribution in [0, 0.1) is 17.8 Å². The molecule has 246 valence electrons. The second-order valence-corrected chi connectivity index (χ2v) is 13.5. The first-order chi connectivity index (χ1) is 22.7. The van der Waals surface area contributed by atoms with Gasteiger partial charge in [-0.05, 0) is 53.6 Å². The molecule has 3 aromatic carbocycles. The zero-order valence-corrected chi connectivity index (χ0v) is 27.3. The van der Waals surface area contributed by atoms with Crippen LogP contribution in [-0.4, -0.2) is 76.1 Å². The Bertz CT molecular complexity index is 1660. The lowest BCUT2D eigenvalue weighted by atomic mass is 9.70. The fourth-order valence-electron chi connectivity index (χ4n) is 8.21. The molecule has 2 unspecified atom stereocenters. The van der Waals surface area contributed by atoms with Crippen molar-refractivity contribution in [3.63, 3.8) is 0 Å². The van der Waals surface area contributed by atoms with Gasteiger partial charge in [0.15, 0.2) is 0 Å². The van der Waals surface area contributed by atoms with E-state index >= 15 is 4.79 Å². The number of carbonyl (C=O) groups excluding carboxylic acids is 3. The number of benzene rings is 3. The lowest BCUT2D eigenvalue weighted by Crippen LogP contribution is -2.59. The highest BCUT2D eigenvalue weighted by Crippen LogP contribution is 2.59. The van der Waals surface area contributed by atoms with Crippen LogP contribution < -0.4 is 4.90 Å². The molecule has 0 saturated carbocycles. The molecule has 3 heterocycles. The highest BCUT2D eigenvalue weighted by molar-refractivity contribution is 6.06. The number of hydrogen-bond acceptors (Lipinski definition) is 5. The molecule has 3 saturated heterocycles. The maximum Gasteiger partial charge on any atom is 0.253 e. The zero-order chi connectivity index (χ0) is 33.3. The number of aliphatic hydroxyl groups is 1. The fraction of sp³-hybridized carbons (Fsp3) is 0.410. The minimum atomic E-state index is -1.19. The Morgan fingerprint density at radius 3 is 2.38 bits per heavy atom. The number of ether oxygens (including phenoxy) is 1. The largest absolute Gasteiger partial charge is 0.394 e. The smallest absolute Gasteiger partial charge is 0.253 e. The second kappa shape index (κ2) is 13.5. The number of nitrogens with zero attached hydrogens (tertiary/aromatic N) is 3. The quantitative estimate of drug-likeness (QED) is 0.256. The topological polar surface area (TPSA) is 90.4 Å². The monoisotopic (exact) mass is 635 g/mol. The van der Waals surface area contributed by atoms with Crippen LogP contribution >= 0.6 is 0 Å². The van der Waals surface area contributed by atoms with Crippen molar-refractivity contribution in [3.8, 4) is 0 Å². The summed E-state index contributed by atoms with van der Waals surface area (Å²) in [4.78, 5) is 49.2. The standard InChI is InChI=1S/C39H45N3O5/c1-5-20-40(24-27-12-8-7-9-13-27)36(44)33-32-18-19-39(47-32)34(33)37(45)42(31(25-43)22-26(3)4)35(39)38(46)41(21-6-2)30-17-16-28-14-10-11-15-29(28)23-30/h5-17,23,26,31-35,43H,1-2,18-22,24-25H2,3-4H3/t31-,32-,33+,34+,35?,39?/m1/s1. The van der Waals surface area contributed by atoms with E-state index in [1.165, 1.54) is 0 Å². The third-order valence-electron chi connectivity index (χ3n) is 10.1. The lowest BCUT2D eigenvalue weighted by molar-refractivity contribution is -0.147. The molecular formula is C39H45N3O5. The van der Waals surface area contributed by atoms with Gasteiger partial charge < -0.3 is 24.5 Å². The average molecular weight is 636 g/mol. The van der Waals surface area contributed by atoms with Gasteiger partial charge in [-0.1, -0.05) is 86.7 Å². The van der Waals surface area contributed by atoms with E-state index in [1.54, 1.807) is 26.9 Å². The molecule has 2 bridgehead atoms. The first-order valence-corrected chi connectivity index (χ1v) is 16.7. The molecule has 6 atom stereocenters. The van der Waals surface area contributed by atoms with Crippen LogP contribution in [0.5, 0.6) is 0 Å². The summed E-state index contributed by atoms with van der Waals surface area (Å²) in [6, 6.07) is 21.9. The van der Waals surface area contributed by atoms with Gasteiger partial charge >= 0.3 is 0 Å². The Kier molecular flexibility index (Phi) is 9.35. The van der Waals surface area contributed by atoms with Crippen molar-refractivity contribution in [2.75, 3.05) is 24.6 Å². The average Bonchev–Trinajstić information content (AvgIpc) is 3.73. The van der Waals surface area contributed by atoms with E-state index in [4.69, 9.17) is 4.74 Å². The number of amides is 3. The lowest BCUT2D eigenvalue weighted by Gasteiger charge is -2.39. The maximum atomic E-state index is 15.0.